The summed E-state index contributed by atoms with van der Waals surface area (Å²) >= 11 is 0. The maximum Gasteiger partial charge on any atom is 0.164 e. The molecule has 258 valence electrons. The first-order chi connectivity index (χ1) is 26.7. The number of aromatic nitrogens is 3. The number of hydrogen-bond acceptors (Lipinski definition) is 3. The highest BCUT2D eigenvalue weighted by Gasteiger charge is 2.43. The molecule has 54 heavy (non-hydrogen) atoms. The molecule has 2 aliphatic rings. The van der Waals surface area contributed by atoms with E-state index in [1.54, 1.807) is 5.56 Å². The zero-order chi connectivity index (χ0) is 35.9. The van der Waals surface area contributed by atoms with Gasteiger partial charge >= 0.3 is 0 Å². The molecule has 10 rings (SSSR count). The molecule has 2 aliphatic carbocycles. The minimum Gasteiger partial charge on any atom is -0.208 e. The zero-order valence-corrected chi connectivity index (χ0v) is 30.1. The van der Waals surface area contributed by atoms with E-state index in [9.17, 15) is 0 Å². The van der Waals surface area contributed by atoms with Gasteiger partial charge in [-0.15, -0.1) is 0 Å². The standard InChI is InChI=1S/C51H39N3/c1-4-13-38(14-5-1)48-52-49(39-15-6-2-7-16-39)54-50(53-48)40-27-25-36(26-28-40)42-18-12-17-41(33-42)35-21-23-37(24-22-35)43-29-30-45-44-19-8-9-20-46(44)51(47(45)34-43)31-10-3-11-32-51/h1-2,4-9,12-30,33-34H,3,10-11,31-32H2. The predicted octanol–water partition coefficient (Wildman–Crippen LogP) is 13.1. The number of hydrogen-bond donors (Lipinski definition) is 0. The van der Waals surface area contributed by atoms with E-state index in [4.69, 9.17) is 15.0 Å². The fourth-order valence-corrected chi connectivity index (χ4v) is 8.81. The van der Waals surface area contributed by atoms with Crippen LogP contribution in [0.4, 0.5) is 0 Å². The predicted molar refractivity (Wildman–Crippen MR) is 222 cm³/mol. The van der Waals surface area contributed by atoms with E-state index >= 15 is 0 Å². The van der Waals surface area contributed by atoms with E-state index in [0.29, 0.717) is 17.5 Å². The van der Waals surface area contributed by atoms with Crippen LogP contribution >= 0.6 is 0 Å². The van der Waals surface area contributed by atoms with Crippen molar-refractivity contribution in [3.63, 3.8) is 0 Å². The van der Waals surface area contributed by atoms with Gasteiger partial charge < -0.3 is 0 Å². The van der Waals surface area contributed by atoms with Gasteiger partial charge in [0.2, 0.25) is 0 Å². The molecule has 8 aromatic rings. The zero-order valence-electron chi connectivity index (χ0n) is 30.1. The van der Waals surface area contributed by atoms with E-state index < -0.39 is 0 Å². The van der Waals surface area contributed by atoms with Crippen molar-refractivity contribution in [3.05, 3.63) is 187 Å². The molecule has 0 bridgehead atoms. The second-order valence-corrected chi connectivity index (χ2v) is 14.7. The van der Waals surface area contributed by atoms with Crippen LogP contribution in [0.15, 0.2) is 176 Å². The van der Waals surface area contributed by atoms with E-state index in [1.807, 2.05) is 60.7 Å². The Balaban J connectivity index is 0.926. The van der Waals surface area contributed by atoms with Gasteiger partial charge in [0.25, 0.3) is 0 Å². The maximum absolute atomic E-state index is 4.91. The second kappa shape index (κ2) is 13.5. The lowest BCUT2D eigenvalue weighted by molar-refractivity contribution is 0.353. The van der Waals surface area contributed by atoms with Gasteiger partial charge in [0.1, 0.15) is 0 Å². The minimum atomic E-state index is 0.167. The van der Waals surface area contributed by atoms with Crippen LogP contribution in [0.3, 0.4) is 0 Å². The summed E-state index contributed by atoms with van der Waals surface area (Å²) in [5, 5.41) is 0. The molecule has 1 aromatic heterocycles. The van der Waals surface area contributed by atoms with Crippen molar-refractivity contribution in [1.29, 1.82) is 0 Å². The van der Waals surface area contributed by atoms with Crippen LogP contribution in [0.1, 0.15) is 43.2 Å². The first kappa shape index (κ1) is 32.2. The van der Waals surface area contributed by atoms with Crippen LogP contribution in [0.5, 0.6) is 0 Å². The quantitative estimate of drug-likeness (QED) is 0.174. The molecule has 1 saturated carbocycles. The molecular formula is C51H39N3. The van der Waals surface area contributed by atoms with Crippen LogP contribution in [-0.4, -0.2) is 15.0 Å². The van der Waals surface area contributed by atoms with Gasteiger partial charge in [-0.3, -0.25) is 0 Å². The third kappa shape index (κ3) is 5.74. The first-order valence-corrected chi connectivity index (χ1v) is 19.1. The molecule has 0 radical (unpaired) electrons. The molecule has 1 fully saturated rings. The highest BCUT2D eigenvalue weighted by Crippen LogP contribution is 2.56. The summed E-state index contributed by atoms with van der Waals surface area (Å²) in [7, 11) is 0. The topological polar surface area (TPSA) is 38.7 Å². The Bertz CT molecular complexity index is 2550. The Kier molecular flexibility index (Phi) is 8.06. The van der Waals surface area contributed by atoms with E-state index in [-0.39, 0.29) is 5.41 Å². The van der Waals surface area contributed by atoms with Crippen molar-refractivity contribution in [2.75, 3.05) is 0 Å². The van der Waals surface area contributed by atoms with Gasteiger partial charge in [0.05, 0.1) is 0 Å². The van der Waals surface area contributed by atoms with E-state index in [0.717, 1.165) is 22.3 Å². The smallest absolute Gasteiger partial charge is 0.164 e. The molecule has 1 heterocycles. The van der Waals surface area contributed by atoms with Crippen molar-refractivity contribution in [3.8, 4) is 78.7 Å². The Morgan fingerprint density at radius 3 is 1.26 bits per heavy atom. The second-order valence-electron chi connectivity index (χ2n) is 14.7. The monoisotopic (exact) mass is 693 g/mol. The summed E-state index contributed by atoms with van der Waals surface area (Å²) in [6.45, 7) is 0. The Hall–Kier alpha value is -6.45. The lowest BCUT2D eigenvalue weighted by atomic mass is 9.67. The summed E-state index contributed by atoms with van der Waals surface area (Å²) in [5.74, 6) is 1.99. The third-order valence-electron chi connectivity index (χ3n) is 11.6. The van der Waals surface area contributed by atoms with Gasteiger partial charge in [-0.2, -0.15) is 0 Å². The molecule has 0 amide bonds. The highest BCUT2D eigenvalue weighted by atomic mass is 15.0. The molecule has 1 spiro atoms. The van der Waals surface area contributed by atoms with Crippen LogP contribution in [0.25, 0.3) is 78.7 Å². The molecule has 3 heteroatoms. The third-order valence-corrected chi connectivity index (χ3v) is 11.6. The summed E-state index contributed by atoms with van der Waals surface area (Å²) < 4.78 is 0. The number of fused-ring (bicyclic) bond motifs is 5. The molecule has 0 atom stereocenters. The summed E-state index contributed by atoms with van der Waals surface area (Å²) in [5.41, 5.74) is 16.3. The molecule has 0 N–H and O–H groups in total. The molecular weight excluding hydrogens is 655 g/mol. The minimum absolute atomic E-state index is 0.167. The number of nitrogens with zero attached hydrogens (tertiary/aromatic N) is 3. The average molecular weight is 694 g/mol. The number of rotatable bonds is 6. The van der Waals surface area contributed by atoms with Gasteiger partial charge in [-0.05, 0) is 80.6 Å². The molecule has 7 aromatic carbocycles. The average Bonchev–Trinajstić information content (AvgIpc) is 3.52. The van der Waals surface area contributed by atoms with Gasteiger partial charge in [-0.25, -0.2) is 15.0 Å². The van der Waals surface area contributed by atoms with Crippen molar-refractivity contribution >= 4 is 0 Å². The largest absolute Gasteiger partial charge is 0.208 e. The normalized spacial score (nSPS) is 14.1. The summed E-state index contributed by atoms with van der Waals surface area (Å²) in [6.07, 6.45) is 6.46. The van der Waals surface area contributed by atoms with Crippen molar-refractivity contribution in [2.45, 2.75) is 37.5 Å². The fourth-order valence-electron chi connectivity index (χ4n) is 8.81. The summed E-state index contributed by atoms with van der Waals surface area (Å²) in [6, 6.07) is 63.0. The molecule has 0 saturated heterocycles. The SMILES string of the molecule is c1ccc(-c2nc(-c3ccccc3)nc(-c3ccc(-c4cccc(-c5ccc(-c6ccc7c(c6)C6(CCCCC6)c6ccccc6-7)cc5)c4)cc3)n2)cc1. The Morgan fingerprint density at radius 2 is 0.704 bits per heavy atom. The fraction of sp³-hybridized carbons (Fsp3) is 0.118. The van der Waals surface area contributed by atoms with Crippen LogP contribution < -0.4 is 0 Å². The number of benzene rings is 7. The first-order valence-electron chi connectivity index (χ1n) is 19.1. The van der Waals surface area contributed by atoms with Gasteiger partial charge in [-0.1, -0.05) is 183 Å². The molecule has 0 unspecified atom stereocenters. The molecule has 3 nitrogen and oxygen atoms in total. The van der Waals surface area contributed by atoms with E-state index in [1.165, 1.54) is 76.6 Å². The van der Waals surface area contributed by atoms with Gasteiger partial charge in [0, 0.05) is 22.1 Å². The summed E-state index contributed by atoms with van der Waals surface area (Å²) in [4.78, 5) is 14.7. The Morgan fingerprint density at radius 1 is 0.296 bits per heavy atom. The van der Waals surface area contributed by atoms with Crippen molar-refractivity contribution in [1.82, 2.24) is 15.0 Å². The maximum atomic E-state index is 4.91. The Labute approximate surface area is 317 Å². The van der Waals surface area contributed by atoms with Crippen LogP contribution in [-0.2, 0) is 5.41 Å². The van der Waals surface area contributed by atoms with Gasteiger partial charge in [0.15, 0.2) is 17.5 Å². The van der Waals surface area contributed by atoms with E-state index in [2.05, 4.69) is 115 Å². The van der Waals surface area contributed by atoms with Crippen molar-refractivity contribution < 1.29 is 0 Å². The highest BCUT2D eigenvalue weighted by molar-refractivity contribution is 5.84. The lowest BCUT2D eigenvalue weighted by Gasteiger charge is -2.36. The lowest BCUT2D eigenvalue weighted by Crippen LogP contribution is -2.28. The van der Waals surface area contributed by atoms with Crippen LogP contribution in [0.2, 0.25) is 0 Å². The molecule has 0 aliphatic heterocycles. The van der Waals surface area contributed by atoms with Crippen molar-refractivity contribution in [2.24, 2.45) is 0 Å². The van der Waals surface area contributed by atoms with Crippen LogP contribution in [0, 0.1) is 0 Å².